The molecule has 3 rings (SSSR count). The molecule has 0 aliphatic rings. The molecule has 1 heterocycles. The minimum atomic E-state index is -4.67. The molecule has 0 fully saturated rings. The van der Waals surface area contributed by atoms with E-state index < -0.39 is 21.7 Å². The van der Waals surface area contributed by atoms with Crippen LogP contribution >= 0.6 is 0 Å². The van der Waals surface area contributed by atoms with Crippen LogP contribution in [0.3, 0.4) is 0 Å². The lowest BCUT2D eigenvalue weighted by atomic mass is 9.98. The molecule has 2 aromatic carbocycles. The molecule has 0 amide bonds. The predicted octanol–water partition coefficient (Wildman–Crippen LogP) is 5.14. The third kappa shape index (κ3) is 4.25. The molecule has 0 bridgehead atoms. The average Bonchev–Trinajstić information content (AvgIpc) is 3.07. The maximum absolute atomic E-state index is 14.0. The molecular formula is C21H19F3N2O3S. The number of hydrogen-bond donors (Lipinski definition) is 0. The van der Waals surface area contributed by atoms with Gasteiger partial charge in [0.25, 0.3) is 0 Å². The van der Waals surface area contributed by atoms with E-state index in [0.717, 1.165) is 10.9 Å². The normalized spacial score (nSPS) is 12.5. The fourth-order valence-corrected chi connectivity index (χ4v) is 3.68. The van der Waals surface area contributed by atoms with Crippen molar-refractivity contribution in [3.8, 4) is 28.1 Å². The van der Waals surface area contributed by atoms with Gasteiger partial charge in [-0.05, 0) is 36.8 Å². The summed E-state index contributed by atoms with van der Waals surface area (Å²) >= 11 is 0. The van der Waals surface area contributed by atoms with Crippen molar-refractivity contribution >= 4 is 16.0 Å². The lowest BCUT2D eigenvalue weighted by molar-refractivity contribution is -0.142. The van der Waals surface area contributed by atoms with Crippen molar-refractivity contribution in [2.45, 2.75) is 18.0 Å². The van der Waals surface area contributed by atoms with Crippen molar-refractivity contribution in [3.63, 3.8) is 0 Å². The van der Waals surface area contributed by atoms with Gasteiger partial charge in [0.1, 0.15) is 11.4 Å². The Morgan fingerprint density at radius 3 is 2.03 bits per heavy atom. The smallest absolute Gasteiger partial charge is 0.434 e. The van der Waals surface area contributed by atoms with Gasteiger partial charge >= 0.3 is 6.18 Å². The van der Waals surface area contributed by atoms with Gasteiger partial charge in [-0.2, -0.15) is 18.3 Å². The van der Waals surface area contributed by atoms with E-state index in [2.05, 4.69) is 5.10 Å². The van der Waals surface area contributed by atoms with Crippen LogP contribution in [0.4, 0.5) is 13.2 Å². The molecule has 0 atom stereocenters. The summed E-state index contributed by atoms with van der Waals surface area (Å²) in [6.45, 7) is 1.59. The van der Waals surface area contributed by atoms with Crippen LogP contribution in [0.1, 0.15) is 12.6 Å². The summed E-state index contributed by atoms with van der Waals surface area (Å²) in [7, 11) is -1.97. The standard InChI is InChI=1S/C21H19F3N2O3S/c1-4-13-26-20(21(22,23)24)18(14-5-9-16(29-2)10-6-14)19(25-26)15-7-11-17(12-8-15)30(3,27)28/h4-13H,1-3H3. The van der Waals surface area contributed by atoms with Crippen LogP contribution in [0.15, 0.2) is 59.5 Å². The first kappa shape index (κ1) is 21.6. The number of benzene rings is 2. The maximum atomic E-state index is 14.0. The SMILES string of the molecule is CC=Cn1nc(-c2ccc(S(C)(=O)=O)cc2)c(-c2ccc(OC)cc2)c1C(F)(F)F. The van der Waals surface area contributed by atoms with Crippen LogP contribution in [0.2, 0.25) is 0 Å². The summed E-state index contributed by atoms with van der Waals surface area (Å²) in [5.74, 6) is 0.507. The quantitative estimate of drug-likeness (QED) is 0.556. The minimum Gasteiger partial charge on any atom is -0.497 e. The van der Waals surface area contributed by atoms with E-state index in [1.807, 2.05) is 0 Å². The van der Waals surface area contributed by atoms with Gasteiger partial charge in [0.05, 0.1) is 12.0 Å². The second-order valence-corrected chi connectivity index (χ2v) is 8.54. The summed E-state index contributed by atoms with van der Waals surface area (Å²) in [5.41, 5.74) is -0.267. The molecule has 3 aromatic rings. The number of ether oxygens (including phenoxy) is 1. The number of allylic oxidation sites excluding steroid dienone is 1. The summed E-state index contributed by atoms with van der Waals surface area (Å²) in [4.78, 5) is 0.0705. The highest BCUT2D eigenvalue weighted by Gasteiger charge is 2.40. The Bertz CT molecular complexity index is 1180. The van der Waals surface area contributed by atoms with Crippen LogP contribution in [0.5, 0.6) is 5.75 Å². The summed E-state index contributed by atoms with van der Waals surface area (Å²) in [5, 5.41) is 4.18. The first-order valence-corrected chi connectivity index (χ1v) is 10.7. The Morgan fingerprint density at radius 2 is 1.57 bits per heavy atom. The predicted molar refractivity (Wildman–Crippen MR) is 109 cm³/mol. The summed E-state index contributed by atoms with van der Waals surface area (Å²) < 4.78 is 71.4. The van der Waals surface area contributed by atoms with Crippen molar-refractivity contribution < 1.29 is 26.3 Å². The maximum Gasteiger partial charge on any atom is 0.434 e. The van der Waals surface area contributed by atoms with Gasteiger partial charge in [-0.1, -0.05) is 30.3 Å². The van der Waals surface area contributed by atoms with Crippen LogP contribution in [-0.4, -0.2) is 31.6 Å². The molecule has 1 aromatic heterocycles. The monoisotopic (exact) mass is 436 g/mol. The van der Waals surface area contributed by atoms with Gasteiger partial charge in [0.2, 0.25) is 0 Å². The molecule has 158 valence electrons. The van der Waals surface area contributed by atoms with Crippen molar-refractivity contribution in [3.05, 3.63) is 60.3 Å². The van der Waals surface area contributed by atoms with Crippen LogP contribution in [0, 0.1) is 0 Å². The van der Waals surface area contributed by atoms with Gasteiger partial charge < -0.3 is 4.74 Å². The zero-order chi connectivity index (χ0) is 22.1. The minimum absolute atomic E-state index is 0.0705. The van der Waals surface area contributed by atoms with E-state index in [1.54, 1.807) is 19.1 Å². The molecule has 5 nitrogen and oxygen atoms in total. The molecule has 0 aliphatic heterocycles. The Labute approximate surface area is 172 Å². The summed E-state index contributed by atoms with van der Waals surface area (Å²) in [6.07, 6.45) is -0.930. The van der Waals surface area contributed by atoms with Gasteiger partial charge in [0.15, 0.2) is 15.5 Å². The highest BCUT2D eigenvalue weighted by Crippen LogP contribution is 2.43. The Morgan fingerprint density at radius 1 is 1.00 bits per heavy atom. The lowest BCUT2D eigenvalue weighted by Gasteiger charge is -2.12. The topological polar surface area (TPSA) is 61.2 Å². The van der Waals surface area contributed by atoms with Crippen molar-refractivity contribution in [1.29, 1.82) is 0 Å². The van der Waals surface area contributed by atoms with Gasteiger partial charge in [0, 0.05) is 23.6 Å². The van der Waals surface area contributed by atoms with E-state index in [9.17, 15) is 21.6 Å². The van der Waals surface area contributed by atoms with Crippen LogP contribution in [-0.2, 0) is 16.0 Å². The molecule has 0 unspecified atom stereocenters. The van der Waals surface area contributed by atoms with Gasteiger partial charge in [-0.15, -0.1) is 0 Å². The molecule has 0 N–H and O–H groups in total. The van der Waals surface area contributed by atoms with E-state index in [1.165, 1.54) is 55.8 Å². The highest BCUT2D eigenvalue weighted by molar-refractivity contribution is 7.90. The number of hydrogen-bond acceptors (Lipinski definition) is 4. The van der Waals surface area contributed by atoms with Crippen LogP contribution < -0.4 is 4.74 Å². The number of halogens is 3. The lowest BCUT2D eigenvalue weighted by Crippen LogP contribution is -2.12. The molecule has 30 heavy (non-hydrogen) atoms. The number of aromatic nitrogens is 2. The zero-order valence-corrected chi connectivity index (χ0v) is 17.3. The second kappa shape index (κ2) is 7.98. The molecular weight excluding hydrogens is 417 g/mol. The number of nitrogens with zero attached hydrogens (tertiary/aromatic N) is 2. The highest BCUT2D eigenvalue weighted by atomic mass is 32.2. The molecule has 0 saturated carbocycles. The third-order valence-corrected chi connectivity index (χ3v) is 5.53. The zero-order valence-electron chi connectivity index (χ0n) is 16.4. The first-order valence-electron chi connectivity index (χ1n) is 8.83. The Hall–Kier alpha value is -3.07. The third-order valence-electron chi connectivity index (χ3n) is 4.40. The van der Waals surface area contributed by atoms with Crippen molar-refractivity contribution in [1.82, 2.24) is 9.78 Å². The molecule has 0 spiro atoms. The van der Waals surface area contributed by atoms with Crippen LogP contribution in [0.25, 0.3) is 28.6 Å². The number of alkyl halides is 3. The van der Waals surface area contributed by atoms with Crippen molar-refractivity contribution in [2.75, 3.05) is 13.4 Å². The van der Waals surface area contributed by atoms with Gasteiger partial charge in [-0.3, -0.25) is 0 Å². The van der Waals surface area contributed by atoms with Crippen molar-refractivity contribution in [2.24, 2.45) is 0 Å². The van der Waals surface area contributed by atoms with E-state index >= 15 is 0 Å². The van der Waals surface area contributed by atoms with E-state index in [-0.39, 0.29) is 16.2 Å². The molecule has 0 aliphatic carbocycles. The summed E-state index contributed by atoms with van der Waals surface area (Å²) in [6, 6.07) is 11.8. The second-order valence-electron chi connectivity index (χ2n) is 6.52. The molecule has 0 saturated heterocycles. The molecule has 0 radical (unpaired) electrons. The number of rotatable bonds is 5. The van der Waals surface area contributed by atoms with Gasteiger partial charge in [-0.25, -0.2) is 13.1 Å². The largest absolute Gasteiger partial charge is 0.497 e. The number of methoxy groups -OCH3 is 1. The Balaban J connectivity index is 2.31. The fourth-order valence-electron chi connectivity index (χ4n) is 3.05. The fraction of sp³-hybridized carbons (Fsp3) is 0.190. The molecule has 9 heteroatoms. The Kier molecular flexibility index (Phi) is 5.76. The van der Waals surface area contributed by atoms with E-state index in [0.29, 0.717) is 16.9 Å². The number of sulfone groups is 1. The van der Waals surface area contributed by atoms with E-state index in [4.69, 9.17) is 4.74 Å². The average molecular weight is 436 g/mol. The first-order chi connectivity index (χ1) is 14.1.